The van der Waals surface area contributed by atoms with Crippen molar-refractivity contribution in [3.8, 4) is 17.1 Å². The highest BCUT2D eigenvalue weighted by atomic mass is 16.5. The van der Waals surface area contributed by atoms with E-state index in [1.807, 2.05) is 30.5 Å². The molecule has 0 unspecified atom stereocenters. The second kappa shape index (κ2) is 9.59. The number of hydrogen-bond donors (Lipinski definition) is 2. The van der Waals surface area contributed by atoms with Gasteiger partial charge in [-0.25, -0.2) is 0 Å². The number of methoxy groups -OCH3 is 1. The molecule has 3 heterocycles. The highest BCUT2D eigenvalue weighted by Crippen LogP contribution is 2.26. The number of carbonyl (C=O) groups is 1. The van der Waals surface area contributed by atoms with Crippen molar-refractivity contribution in [1.29, 1.82) is 0 Å². The average Bonchev–Trinajstić information content (AvgIpc) is 3.52. The Morgan fingerprint density at radius 3 is 2.76 bits per heavy atom. The Labute approximate surface area is 198 Å². The van der Waals surface area contributed by atoms with Crippen LogP contribution in [0.1, 0.15) is 24.0 Å². The van der Waals surface area contributed by atoms with Gasteiger partial charge < -0.3 is 24.5 Å². The lowest BCUT2D eigenvalue weighted by Gasteiger charge is -2.29. The summed E-state index contributed by atoms with van der Waals surface area (Å²) in [5.74, 6) is 1.46. The molecule has 2 N–H and O–H groups in total. The number of nitrogens with one attached hydrogen (secondary N) is 2. The van der Waals surface area contributed by atoms with Gasteiger partial charge in [-0.1, -0.05) is 17.3 Å². The lowest BCUT2D eigenvalue weighted by Crippen LogP contribution is -2.41. The number of piperidine rings is 1. The number of anilines is 1. The van der Waals surface area contributed by atoms with E-state index in [0.29, 0.717) is 31.5 Å². The number of rotatable bonds is 7. The minimum atomic E-state index is 0.00542. The molecular weight excluding hydrogens is 430 g/mol. The van der Waals surface area contributed by atoms with Gasteiger partial charge in [-0.15, -0.1) is 0 Å². The Hall–Kier alpha value is -3.81. The van der Waals surface area contributed by atoms with E-state index in [0.717, 1.165) is 36.1 Å². The fraction of sp³-hybridized carbons (Fsp3) is 0.346. The number of fused-ring (bicyclic) bond motifs is 1. The summed E-state index contributed by atoms with van der Waals surface area (Å²) >= 11 is 0. The number of ether oxygens (including phenoxy) is 1. The van der Waals surface area contributed by atoms with Crippen molar-refractivity contribution in [1.82, 2.24) is 20.4 Å². The van der Waals surface area contributed by atoms with Gasteiger partial charge in [-0.05, 0) is 67.6 Å². The Morgan fingerprint density at radius 2 is 2.00 bits per heavy atom. The Bertz CT molecular complexity index is 1270. The third kappa shape index (κ3) is 4.62. The van der Waals surface area contributed by atoms with Crippen molar-refractivity contribution in [3.63, 3.8) is 0 Å². The van der Waals surface area contributed by atoms with Crippen molar-refractivity contribution >= 4 is 22.8 Å². The zero-order valence-electron chi connectivity index (χ0n) is 19.5. The second-order valence-electron chi connectivity index (χ2n) is 8.79. The minimum absolute atomic E-state index is 0.00542. The molecular formula is C26H29N5O3. The Balaban J connectivity index is 1.11. The molecule has 1 aliphatic heterocycles. The molecule has 0 saturated carbocycles. The fourth-order valence-corrected chi connectivity index (χ4v) is 4.51. The maximum absolute atomic E-state index is 12.7. The molecule has 0 aliphatic carbocycles. The highest BCUT2D eigenvalue weighted by Gasteiger charge is 2.27. The molecule has 8 nitrogen and oxygen atoms in total. The van der Waals surface area contributed by atoms with Crippen molar-refractivity contribution in [2.24, 2.45) is 5.92 Å². The van der Waals surface area contributed by atoms with Crippen LogP contribution in [0.15, 0.2) is 53.2 Å². The van der Waals surface area contributed by atoms with Crippen molar-refractivity contribution in [2.45, 2.75) is 26.2 Å². The summed E-state index contributed by atoms with van der Waals surface area (Å²) in [4.78, 5) is 22.6. The van der Waals surface area contributed by atoms with Gasteiger partial charge in [0.2, 0.25) is 11.7 Å². The number of aryl methyl sites for hydroxylation is 1. The zero-order valence-corrected chi connectivity index (χ0v) is 19.5. The van der Waals surface area contributed by atoms with Gasteiger partial charge in [-0.3, -0.25) is 4.79 Å². The zero-order chi connectivity index (χ0) is 23.5. The molecule has 1 fully saturated rings. The van der Waals surface area contributed by atoms with Gasteiger partial charge in [0.15, 0.2) is 0 Å². The summed E-state index contributed by atoms with van der Waals surface area (Å²) in [6.45, 7) is 4.15. The molecule has 1 aliphatic rings. The third-order valence-electron chi connectivity index (χ3n) is 6.52. The fourth-order valence-electron chi connectivity index (χ4n) is 4.51. The predicted octanol–water partition coefficient (Wildman–Crippen LogP) is 4.11. The monoisotopic (exact) mass is 459 g/mol. The number of nitrogens with zero attached hydrogens (tertiary/aromatic N) is 3. The van der Waals surface area contributed by atoms with Crippen LogP contribution in [0.4, 0.5) is 6.01 Å². The van der Waals surface area contributed by atoms with Crippen LogP contribution < -0.4 is 15.0 Å². The molecule has 5 rings (SSSR count). The number of benzene rings is 2. The molecule has 176 valence electrons. The minimum Gasteiger partial charge on any atom is -0.497 e. The molecule has 4 aromatic rings. The maximum atomic E-state index is 12.7. The summed E-state index contributed by atoms with van der Waals surface area (Å²) in [6.07, 6.45) is 4.37. The molecule has 2 aromatic heterocycles. The van der Waals surface area contributed by atoms with E-state index in [4.69, 9.17) is 9.26 Å². The van der Waals surface area contributed by atoms with Crippen LogP contribution in [-0.2, 0) is 11.2 Å². The van der Waals surface area contributed by atoms with Gasteiger partial charge in [0, 0.05) is 48.2 Å². The molecule has 0 spiro atoms. The van der Waals surface area contributed by atoms with Crippen LogP contribution in [0.25, 0.3) is 22.3 Å². The summed E-state index contributed by atoms with van der Waals surface area (Å²) < 4.78 is 10.7. The molecule has 0 radical (unpaired) electrons. The van der Waals surface area contributed by atoms with E-state index < -0.39 is 0 Å². The van der Waals surface area contributed by atoms with Crippen molar-refractivity contribution in [2.75, 3.05) is 31.6 Å². The SMILES string of the molecule is COc1ccc(-c2noc(N3CCC(C(=O)NCCc4c[nH]c5cc(C)ccc45)CC3)n2)cc1. The molecule has 8 heteroatoms. The smallest absolute Gasteiger partial charge is 0.324 e. The van der Waals surface area contributed by atoms with Crippen LogP contribution in [0.3, 0.4) is 0 Å². The number of aromatic amines is 1. The van der Waals surface area contributed by atoms with Crippen LogP contribution in [0, 0.1) is 12.8 Å². The quantitative estimate of drug-likeness (QED) is 0.432. The standard InChI is InChI=1S/C26H29N5O3/c1-17-3-8-22-20(16-28-23(22)15-17)9-12-27-25(32)19-10-13-31(14-11-19)26-29-24(30-34-26)18-4-6-21(33-2)7-5-18/h3-8,15-16,19,28H,9-14H2,1-2H3,(H,27,32). The topological polar surface area (TPSA) is 96.3 Å². The number of carbonyl (C=O) groups excluding carboxylic acids is 1. The first-order valence-corrected chi connectivity index (χ1v) is 11.7. The normalized spacial score (nSPS) is 14.5. The first-order valence-electron chi connectivity index (χ1n) is 11.7. The van der Waals surface area contributed by atoms with E-state index in [1.165, 1.54) is 16.5 Å². The lowest BCUT2D eigenvalue weighted by molar-refractivity contribution is -0.125. The third-order valence-corrected chi connectivity index (χ3v) is 6.52. The number of amides is 1. The van der Waals surface area contributed by atoms with Crippen molar-refractivity contribution < 1.29 is 14.1 Å². The van der Waals surface area contributed by atoms with Gasteiger partial charge in [-0.2, -0.15) is 4.98 Å². The van der Waals surface area contributed by atoms with E-state index in [2.05, 4.69) is 50.5 Å². The Kier molecular flexibility index (Phi) is 6.20. The second-order valence-corrected chi connectivity index (χ2v) is 8.79. The van der Waals surface area contributed by atoms with Crippen LogP contribution in [0.5, 0.6) is 5.75 Å². The lowest BCUT2D eigenvalue weighted by atomic mass is 9.96. The largest absolute Gasteiger partial charge is 0.497 e. The number of H-pyrrole nitrogens is 1. The van der Waals surface area contributed by atoms with Gasteiger partial charge in [0.25, 0.3) is 0 Å². The molecule has 1 saturated heterocycles. The van der Waals surface area contributed by atoms with Crippen LogP contribution in [-0.4, -0.2) is 47.8 Å². The number of aromatic nitrogens is 3. The van der Waals surface area contributed by atoms with Crippen LogP contribution >= 0.6 is 0 Å². The summed E-state index contributed by atoms with van der Waals surface area (Å²) in [7, 11) is 1.63. The van der Waals surface area contributed by atoms with Crippen LogP contribution in [0.2, 0.25) is 0 Å². The first kappa shape index (κ1) is 22.0. The van der Waals surface area contributed by atoms with E-state index >= 15 is 0 Å². The van der Waals surface area contributed by atoms with E-state index in [-0.39, 0.29) is 11.8 Å². The number of hydrogen-bond acceptors (Lipinski definition) is 6. The van der Waals surface area contributed by atoms with Gasteiger partial charge >= 0.3 is 6.01 Å². The predicted molar refractivity (Wildman–Crippen MR) is 131 cm³/mol. The molecule has 0 atom stereocenters. The maximum Gasteiger partial charge on any atom is 0.324 e. The average molecular weight is 460 g/mol. The van der Waals surface area contributed by atoms with Gasteiger partial charge in [0.1, 0.15) is 5.75 Å². The van der Waals surface area contributed by atoms with E-state index in [1.54, 1.807) is 7.11 Å². The summed E-state index contributed by atoms with van der Waals surface area (Å²) in [6, 6.07) is 14.5. The summed E-state index contributed by atoms with van der Waals surface area (Å²) in [5, 5.41) is 8.46. The molecule has 1 amide bonds. The first-order chi connectivity index (χ1) is 16.6. The summed E-state index contributed by atoms with van der Waals surface area (Å²) in [5.41, 5.74) is 4.48. The molecule has 2 aromatic carbocycles. The highest BCUT2D eigenvalue weighted by molar-refractivity contribution is 5.84. The molecule has 0 bridgehead atoms. The van der Waals surface area contributed by atoms with Gasteiger partial charge in [0.05, 0.1) is 7.11 Å². The molecule has 34 heavy (non-hydrogen) atoms. The van der Waals surface area contributed by atoms with Crippen molar-refractivity contribution in [3.05, 3.63) is 59.8 Å². The van der Waals surface area contributed by atoms with E-state index in [9.17, 15) is 4.79 Å². The Morgan fingerprint density at radius 1 is 1.21 bits per heavy atom.